The van der Waals surface area contributed by atoms with Gasteiger partial charge in [0.2, 0.25) is 0 Å². The van der Waals surface area contributed by atoms with Crippen LogP contribution < -0.4 is 5.56 Å². The predicted octanol–water partition coefficient (Wildman–Crippen LogP) is 5.10. The minimum Gasteiger partial charge on any atom is -0.287 e. The van der Waals surface area contributed by atoms with Gasteiger partial charge in [-0.25, -0.2) is 4.98 Å². The maximum absolute atomic E-state index is 13.7. The minimum atomic E-state index is -0.181. The summed E-state index contributed by atoms with van der Waals surface area (Å²) in [5, 5.41) is 0.801. The summed E-state index contributed by atoms with van der Waals surface area (Å²) in [7, 11) is 0. The van der Waals surface area contributed by atoms with Crippen LogP contribution >= 0.6 is 11.8 Å². The molecule has 1 aliphatic rings. The van der Waals surface area contributed by atoms with E-state index in [9.17, 15) is 4.79 Å². The van der Waals surface area contributed by atoms with Gasteiger partial charge in [0.05, 0.1) is 11.3 Å². The Balaban J connectivity index is 1.87. The summed E-state index contributed by atoms with van der Waals surface area (Å²) >= 11 is 1.55. The van der Waals surface area contributed by atoms with Crippen molar-refractivity contribution in [2.45, 2.75) is 50.2 Å². The fraction of sp³-hybridized carbons (Fsp3) is 0.333. The van der Waals surface area contributed by atoms with E-state index in [0.717, 1.165) is 41.2 Å². The van der Waals surface area contributed by atoms with E-state index < -0.39 is 0 Å². The number of nitrogens with zero attached hydrogens (tertiary/aromatic N) is 2. The molecule has 1 atom stereocenters. The second kappa shape index (κ2) is 7.59. The molecule has 0 saturated carbocycles. The average molecular weight is 391 g/mol. The van der Waals surface area contributed by atoms with Crippen LogP contribution in [-0.4, -0.2) is 15.8 Å². The second-order valence-electron chi connectivity index (χ2n) is 7.76. The summed E-state index contributed by atoms with van der Waals surface area (Å²) in [4.78, 5) is 18.7. The van der Waals surface area contributed by atoms with Gasteiger partial charge in [-0.1, -0.05) is 80.2 Å². The summed E-state index contributed by atoms with van der Waals surface area (Å²) in [6, 6.07) is 18.7. The van der Waals surface area contributed by atoms with Crippen LogP contribution in [0.1, 0.15) is 37.0 Å². The van der Waals surface area contributed by atoms with Gasteiger partial charge < -0.3 is 0 Å². The van der Waals surface area contributed by atoms with Gasteiger partial charge in [-0.05, 0) is 36.6 Å². The molecule has 2 aromatic carbocycles. The number of benzene rings is 2. The van der Waals surface area contributed by atoms with Crippen LogP contribution in [0.15, 0.2) is 64.5 Å². The maximum atomic E-state index is 13.7. The summed E-state index contributed by atoms with van der Waals surface area (Å²) < 4.78 is 1.89. The Morgan fingerprint density at radius 3 is 2.54 bits per heavy atom. The van der Waals surface area contributed by atoms with Crippen LogP contribution in [0.2, 0.25) is 0 Å². The van der Waals surface area contributed by atoms with Crippen LogP contribution in [-0.2, 0) is 24.8 Å². The molecule has 0 N–H and O–H groups in total. The van der Waals surface area contributed by atoms with E-state index in [1.165, 1.54) is 11.1 Å². The van der Waals surface area contributed by atoms with Crippen molar-refractivity contribution in [1.82, 2.24) is 9.55 Å². The van der Waals surface area contributed by atoms with Crippen LogP contribution in [0.3, 0.4) is 0 Å². The van der Waals surface area contributed by atoms with Gasteiger partial charge in [0.25, 0.3) is 5.56 Å². The number of hydrogen-bond acceptors (Lipinski definition) is 3. The summed E-state index contributed by atoms with van der Waals surface area (Å²) in [5.41, 5.74) is 5.37. The highest BCUT2D eigenvalue weighted by atomic mass is 32.2. The van der Waals surface area contributed by atoms with Crippen LogP contribution in [0.25, 0.3) is 11.3 Å². The van der Waals surface area contributed by atoms with Gasteiger partial charge >= 0.3 is 0 Å². The Kier molecular flexibility index (Phi) is 5.15. The lowest BCUT2D eigenvalue weighted by Gasteiger charge is -2.35. The Morgan fingerprint density at radius 1 is 1.11 bits per heavy atom. The van der Waals surface area contributed by atoms with Crippen molar-refractivity contribution in [3.8, 4) is 11.3 Å². The lowest BCUT2D eigenvalue weighted by molar-refractivity contribution is 0.427. The molecule has 0 amide bonds. The Hall–Kier alpha value is -2.33. The number of aromatic nitrogens is 2. The molecule has 144 valence electrons. The van der Waals surface area contributed by atoms with Gasteiger partial charge in [-0.3, -0.25) is 9.36 Å². The second-order valence-corrected chi connectivity index (χ2v) is 8.54. The van der Waals surface area contributed by atoms with E-state index in [-0.39, 0.29) is 11.0 Å². The molecule has 0 bridgehead atoms. The van der Waals surface area contributed by atoms with Crippen LogP contribution in [0.4, 0.5) is 0 Å². The standard InChI is InChI=1S/C24H26N2OS/c1-4-24(2)16-18-12-8-9-13-19(18)21-20(24)22(27)26(23(25-21)28-3)15-14-17-10-6-5-7-11-17/h5-13H,4,14-16H2,1-3H3/t24-/m1/s1. The van der Waals surface area contributed by atoms with Gasteiger partial charge in [0.1, 0.15) is 0 Å². The van der Waals surface area contributed by atoms with E-state index in [1.54, 1.807) is 11.8 Å². The first-order valence-corrected chi connectivity index (χ1v) is 11.1. The number of thioether (sulfide) groups is 1. The SMILES string of the molecule is CC[C@]1(C)Cc2ccccc2-c2nc(SC)n(CCc3ccccc3)c(=O)c21. The molecule has 1 aromatic heterocycles. The van der Waals surface area contributed by atoms with E-state index >= 15 is 0 Å². The molecule has 0 spiro atoms. The number of hydrogen-bond donors (Lipinski definition) is 0. The van der Waals surface area contributed by atoms with Crippen molar-refractivity contribution in [2.75, 3.05) is 6.26 Å². The lowest BCUT2D eigenvalue weighted by Crippen LogP contribution is -2.40. The predicted molar refractivity (Wildman–Crippen MR) is 117 cm³/mol. The first kappa shape index (κ1) is 19.0. The quantitative estimate of drug-likeness (QED) is 0.449. The summed E-state index contributed by atoms with van der Waals surface area (Å²) in [6.45, 7) is 5.04. The third-order valence-electron chi connectivity index (χ3n) is 6.02. The number of rotatable bonds is 5. The lowest BCUT2D eigenvalue weighted by atomic mass is 9.69. The van der Waals surface area contributed by atoms with Crippen molar-refractivity contribution in [3.63, 3.8) is 0 Å². The molecule has 1 aliphatic carbocycles. The molecule has 1 heterocycles. The van der Waals surface area contributed by atoms with Crippen molar-refractivity contribution in [1.29, 1.82) is 0 Å². The normalized spacial score (nSPS) is 17.8. The van der Waals surface area contributed by atoms with Crippen LogP contribution in [0, 0.1) is 0 Å². The first-order valence-electron chi connectivity index (χ1n) is 9.89. The fourth-order valence-corrected chi connectivity index (χ4v) is 4.81. The monoisotopic (exact) mass is 390 g/mol. The molecular weight excluding hydrogens is 364 g/mol. The molecule has 28 heavy (non-hydrogen) atoms. The van der Waals surface area contributed by atoms with E-state index in [4.69, 9.17) is 4.98 Å². The van der Waals surface area contributed by atoms with E-state index in [2.05, 4.69) is 44.2 Å². The van der Waals surface area contributed by atoms with E-state index in [0.29, 0.717) is 6.54 Å². The molecule has 3 nitrogen and oxygen atoms in total. The van der Waals surface area contributed by atoms with Crippen LogP contribution in [0.5, 0.6) is 0 Å². The molecule has 0 saturated heterocycles. The molecule has 0 unspecified atom stereocenters. The Morgan fingerprint density at radius 2 is 1.82 bits per heavy atom. The Labute approximate surface area is 170 Å². The highest BCUT2D eigenvalue weighted by Gasteiger charge is 2.38. The molecule has 0 fully saturated rings. The summed E-state index contributed by atoms with van der Waals surface area (Å²) in [5.74, 6) is 0. The fourth-order valence-electron chi connectivity index (χ4n) is 4.23. The molecule has 4 rings (SSSR count). The molecule has 3 aromatic rings. The minimum absolute atomic E-state index is 0.129. The third kappa shape index (κ3) is 3.20. The average Bonchev–Trinajstić information content (AvgIpc) is 2.73. The number of fused-ring (bicyclic) bond motifs is 3. The maximum Gasteiger partial charge on any atom is 0.258 e. The zero-order chi connectivity index (χ0) is 19.7. The Bertz CT molecular complexity index is 1060. The van der Waals surface area contributed by atoms with E-state index in [1.807, 2.05) is 35.1 Å². The molecular formula is C24H26N2OS. The topological polar surface area (TPSA) is 34.9 Å². The number of aryl methyl sites for hydroxylation is 1. The van der Waals surface area contributed by atoms with Crippen molar-refractivity contribution < 1.29 is 0 Å². The largest absolute Gasteiger partial charge is 0.287 e. The molecule has 0 radical (unpaired) electrons. The highest BCUT2D eigenvalue weighted by Crippen LogP contribution is 2.42. The highest BCUT2D eigenvalue weighted by molar-refractivity contribution is 7.98. The van der Waals surface area contributed by atoms with Crippen molar-refractivity contribution in [3.05, 3.63) is 81.6 Å². The van der Waals surface area contributed by atoms with Crippen molar-refractivity contribution >= 4 is 11.8 Å². The third-order valence-corrected chi connectivity index (χ3v) is 6.70. The first-order chi connectivity index (χ1) is 13.6. The molecule has 4 heteroatoms. The smallest absolute Gasteiger partial charge is 0.258 e. The van der Waals surface area contributed by atoms with Gasteiger partial charge in [0, 0.05) is 17.5 Å². The van der Waals surface area contributed by atoms with Gasteiger partial charge in [-0.15, -0.1) is 0 Å². The zero-order valence-electron chi connectivity index (χ0n) is 16.7. The summed E-state index contributed by atoms with van der Waals surface area (Å²) in [6.07, 6.45) is 4.64. The van der Waals surface area contributed by atoms with Crippen molar-refractivity contribution in [2.24, 2.45) is 0 Å². The van der Waals surface area contributed by atoms with Gasteiger partial charge in [0.15, 0.2) is 5.16 Å². The zero-order valence-corrected chi connectivity index (χ0v) is 17.6. The molecule has 0 aliphatic heterocycles. The van der Waals surface area contributed by atoms with Gasteiger partial charge in [-0.2, -0.15) is 0 Å².